The van der Waals surface area contributed by atoms with E-state index in [0.29, 0.717) is 12.8 Å². The standard InChI is InChI=1S/C12H15N3O4S/c1-3-12(4-2,9-13)14-20(18,19)11-7-5-10(6-8-11)15(16)17/h5-8,14H,3-4H2,1-2H3. The lowest BCUT2D eigenvalue weighted by Crippen LogP contribution is -2.46. The number of hydrogen-bond donors (Lipinski definition) is 1. The minimum Gasteiger partial charge on any atom is -0.258 e. The predicted octanol–water partition coefficient (Wildman–Crippen LogP) is 1.96. The Morgan fingerprint density at radius 2 is 1.80 bits per heavy atom. The van der Waals surface area contributed by atoms with Crippen LogP contribution in [0.15, 0.2) is 29.2 Å². The summed E-state index contributed by atoms with van der Waals surface area (Å²) in [6.45, 7) is 3.43. The van der Waals surface area contributed by atoms with E-state index in [2.05, 4.69) is 4.72 Å². The summed E-state index contributed by atoms with van der Waals surface area (Å²) in [5.41, 5.74) is -1.36. The van der Waals surface area contributed by atoms with E-state index >= 15 is 0 Å². The Bertz CT molecular complexity index is 628. The summed E-state index contributed by atoms with van der Waals surface area (Å²) >= 11 is 0. The lowest BCUT2D eigenvalue weighted by molar-refractivity contribution is -0.384. The van der Waals surface area contributed by atoms with Crippen LogP contribution < -0.4 is 4.72 Å². The fraction of sp³-hybridized carbons (Fsp3) is 0.417. The van der Waals surface area contributed by atoms with Gasteiger partial charge in [0, 0.05) is 12.1 Å². The van der Waals surface area contributed by atoms with Crippen LogP contribution in [0.1, 0.15) is 26.7 Å². The highest BCUT2D eigenvalue weighted by molar-refractivity contribution is 7.89. The number of sulfonamides is 1. The highest BCUT2D eigenvalue weighted by Gasteiger charge is 2.32. The highest BCUT2D eigenvalue weighted by Crippen LogP contribution is 2.20. The Kier molecular flexibility index (Phi) is 4.81. The van der Waals surface area contributed by atoms with Gasteiger partial charge in [-0.05, 0) is 25.0 Å². The van der Waals surface area contributed by atoms with Crippen LogP contribution in [0.3, 0.4) is 0 Å². The van der Waals surface area contributed by atoms with Gasteiger partial charge in [0.25, 0.3) is 5.69 Å². The van der Waals surface area contributed by atoms with Crippen molar-refractivity contribution in [3.05, 3.63) is 34.4 Å². The monoisotopic (exact) mass is 297 g/mol. The van der Waals surface area contributed by atoms with Crippen molar-refractivity contribution < 1.29 is 13.3 Å². The van der Waals surface area contributed by atoms with Crippen LogP contribution in [0.4, 0.5) is 5.69 Å². The van der Waals surface area contributed by atoms with Crippen LogP contribution in [-0.2, 0) is 10.0 Å². The van der Waals surface area contributed by atoms with E-state index in [4.69, 9.17) is 5.26 Å². The molecule has 0 fully saturated rings. The number of nitro groups is 1. The van der Waals surface area contributed by atoms with E-state index < -0.39 is 20.5 Å². The Hall–Kier alpha value is -1.98. The van der Waals surface area contributed by atoms with E-state index in [-0.39, 0.29) is 10.6 Å². The van der Waals surface area contributed by atoms with Crippen LogP contribution >= 0.6 is 0 Å². The van der Waals surface area contributed by atoms with Gasteiger partial charge < -0.3 is 0 Å². The molecule has 0 bridgehead atoms. The second-order valence-corrected chi connectivity index (χ2v) is 5.94. The molecule has 0 heterocycles. The number of hydrogen-bond acceptors (Lipinski definition) is 5. The normalized spacial score (nSPS) is 11.8. The van der Waals surface area contributed by atoms with Gasteiger partial charge in [0.15, 0.2) is 0 Å². The summed E-state index contributed by atoms with van der Waals surface area (Å²) < 4.78 is 26.7. The Balaban J connectivity index is 3.11. The topological polar surface area (TPSA) is 113 Å². The van der Waals surface area contributed by atoms with Gasteiger partial charge in [0.05, 0.1) is 15.9 Å². The molecule has 0 saturated carbocycles. The van der Waals surface area contributed by atoms with Gasteiger partial charge in [0.2, 0.25) is 10.0 Å². The number of nitriles is 1. The number of non-ortho nitro benzene ring substituents is 1. The van der Waals surface area contributed by atoms with Gasteiger partial charge in [0.1, 0.15) is 5.54 Å². The highest BCUT2D eigenvalue weighted by atomic mass is 32.2. The zero-order valence-electron chi connectivity index (χ0n) is 11.2. The molecule has 0 spiro atoms. The van der Waals surface area contributed by atoms with E-state index in [0.717, 1.165) is 24.3 Å². The van der Waals surface area contributed by atoms with Gasteiger partial charge in [-0.2, -0.15) is 9.98 Å². The van der Waals surface area contributed by atoms with Gasteiger partial charge in [-0.1, -0.05) is 13.8 Å². The first-order chi connectivity index (χ1) is 9.30. The van der Waals surface area contributed by atoms with Gasteiger partial charge in [-0.25, -0.2) is 8.42 Å². The molecular weight excluding hydrogens is 282 g/mol. The molecule has 0 unspecified atom stereocenters. The second-order valence-electron chi connectivity index (χ2n) is 4.26. The summed E-state index contributed by atoms with van der Waals surface area (Å²) in [4.78, 5) is 9.81. The molecule has 0 aliphatic heterocycles. The minimum atomic E-state index is -3.89. The van der Waals surface area contributed by atoms with Gasteiger partial charge in [-0.15, -0.1) is 0 Å². The number of nitro benzene ring substituents is 1. The fourth-order valence-electron chi connectivity index (χ4n) is 1.64. The van der Waals surface area contributed by atoms with Crippen molar-refractivity contribution in [2.45, 2.75) is 37.1 Å². The number of nitrogens with zero attached hydrogens (tertiary/aromatic N) is 2. The lowest BCUT2D eigenvalue weighted by atomic mass is 9.97. The molecule has 1 N–H and O–H groups in total. The Labute approximate surface area is 117 Å². The van der Waals surface area contributed by atoms with Crippen molar-refractivity contribution in [3.63, 3.8) is 0 Å². The number of benzene rings is 1. The molecule has 0 aliphatic carbocycles. The molecule has 7 nitrogen and oxygen atoms in total. The predicted molar refractivity (Wildman–Crippen MR) is 72.3 cm³/mol. The molecule has 0 saturated heterocycles. The van der Waals surface area contributed by atoms with Crippen molar-refractivity contribution >= 4 is 15.7 Å². The summed E-state index contributed by atoms with van der Waals surface area (Å²) in [5, 5.41) is 19.7. The maximum Gasteiger partial charge on any atom is 0.269 e. The van der Waals surface area contributed by atoms with E-state index in [1.165, 1.54) is 0 Å². The maximum atomic E-state index is 12.2. The lowest BCUT2D eigenvalue weighted by Gasteiger charge is -2.24. The van der Waals surface area contributed by atoms with Gasteiger partial charge in [-0.3, -0.25) is 10.1 Å². The molecule has 0 aromatic heterocycles. The van der Waals surface area contributed by atoms with Crippen LogP contribution in [-0.4, -0.2) is 18.9 Å². The SMILES string of the molecule is CCC(C#N)(CC)NS(=O)(=O)c1ccc([N+](=O)[O-])cc1. The summed E-state index contributed by atoms with van der Waals surface area (Å²) in [5.74, 6) is 0. The van der Waals surface area contributed by atoms with Crippen molar-refractivity contribution in [3.8, 4) is 6.07 Å². The van der Waals surface area contributed by atoms with Gasteiger partial charge >= 0.3 is 0 Å². The average molecular weight is 297 g/mol. The summed E-state index contributed by atoms with van der Waals surface area (Å²) in [6, 6.07) is 6.49. The Morgan fingerprint density at radius 3 is 2.15 bits per heavy atom. The van der Waals surface area contributed by atoms with Crippen molar-refractivity contribution in [1.29, 1.82) is 5.26 Å². The quantitative estimate of drug-likeness (QED) is 0.637. The molecule has 0 amide bonds. The summed E-state index contributed by atoms with van der Waals surface area (Å²) in [6.07, 6.45) is 0.651. The van der Waals surface area contributed by atoms with Crippen LogP contribution in [0.25, 0.3) is 0 Å². The van der Waals surface area contributed by atoms with Crippen molar-refractivity contribution in [2.24, 2.45) is 0 Å². The van der Waals surface area contributed by atoms with Crippen LogP contribution in [0, 0.1) is 21.4 Å². The average Bonchev–Trinajstić information content (AvgIpc) is 2.45. The molecule has 1 aromatic carbocycles. The third-order valence-corrected chi connectivity index (χ3v) is 4.66. The molecule has 108 valence electrons. The molecule has 1 aromatic rings. The smallest absolute Gasteiger partial charge is 0.258 e. The van der Waals surface area contributed by atoms with Crippen molar-refractivity contribution in [1.82, 2.24) is 4.72 Å². The van der Waals surface area contributed by atoms with E-state index in [9.17, 15) is 18.5 Å². The maximum absolute atomic E-state index is 12.2. The third-order valence-electron chi connectivity index (χ3n) is 3.11. The number of nitrogens with one attached hydrogen (secondary N) is 1. The molecule has 8 heteroatoms. The first-order valence-electron chi connectivity index (χ1n) is 6.00. The van der Waals surface area contributed by atoms with E-state index in [1.807, 2.05) is 6.07 Å². The van der Waals surface area contributed by atoms with Crippen LogP contribution in [0.2, 0.25) is 0 Å². The number of rotatable bonds is 6. The molecule has 0 aliphatic rings. The minimum absolute atomic E-state index is 0.107. The zero-order valence-corrected chi connectivity index (χ0v) is 12.0. The molecule has 0 atom stereocenters. The molecule has 0 radical (unpaired) electrons. The first kappa shape index (κ1) is 16.1. The molecule has 1 rings (SSSR count). The molecule has 20 heavy (non-hydrogen) atoms. The summed E-state index contributed by atoms with van der Waals surface area (Å²) in [7, 11) is -3.89. The Morgan fingerprint density at radius 1 is 1.30 bits per heavy atom. The first-order valence-corrected chi connectivity index (χ1v) is 7.48. The second kappa shape index (κ2) is 5.98. The molecular formula is C12H15N3O4S. The third kappa shape index (κ3) is 3.31. The van der Waals surface area contributed by atoms with Crippen LogP contribution in [0.5, 0.6) is 0 Å². The van der Waals surface area contributed by atoms with E-state index in [1.54, 1.807) is 13.8 Å². The fourth-order valence-corrected chi connectivity index (χ4v) is 3.10. The zero-order chi connectivity index (χ0) is 15.4. The van der Waals surface area contributed by atoms with Crippen molar-refractivity contribution in [2.75, 3.05) is 0 Å². The largest absolute Gasteiger partial charge is 0.269 e.